The summed E-state index contributed by atoms with van der Waals surface area (Å²) in [6.45, 7) is 1.25. The number of urea groups is 1. The van der Waals surface area contributed by atoms with Crippen molar-refractivity contribution in [2.24, 2.45) is 0 Å². The Hall–Kier alpha value is -2.15. The van der Waals surface area contributed by atoms with Crippen LogP contribution in [0.15, 0.2) is 24.3 Å². The summed E-state index contributed by atoms with van der Waals surface area (Å²) in [6, 6.07) is 2.75. The van der Waals surface area contributed by atoms with E-state index in [1.165, 1.54) is 19.1 Å². The molecular formula is C11H13FN2O4. The summed E-state index contributed by atoms with van der Waals surface area (Å²) in [5, 5.41) is 22.3. The molecule has 0 bridgehead atoms. The molecule has 0 saturated carbocycles. The molecule has 2 unspecified atom stereocenters. The van der Waals surface area contributed by atoms with Crippen LogP contribution in [-0.2, 0) is 4.79 Å². The Labute approximate surface area is 102 Å². The first kappa shape index (κ1) is 13.9. The van der Waals surface area contributed by atoms with Gasteiger partial charge in [0.25, 0.3) is 0 Å². The van der Waals surface area contributed by atoms with Crippen molar-refractivity contribution in [3.8, 4) is 0 Å². The lowest BCUT2D eigenvalue weighted by Gasteiger charge is -2.17. The molecule has 1 rings (SSSR count). The highest BCUT2D eigenvalue weighted by atomic mass is 19.1. The highest BCUT2D eigenvalue weighted by Crippen LogP contribution is 2.08. The van der Waals surface area contributed by atoms with Gasteiger partial charge in [-0.25, -0.2) is 14.0 Å². The number of aliphatic hydroxyl groups is 1. The highest BCUT2D eigenvalue weighted by molar-refractivity contribution is 5.92. The predicted molar refractivity (Wildman–Crippen MR) is 61.7 cm³/mol. The molecule has 0 heterocycles. The van der Waals surface area contributed by atoms with Crippen LogP contribution in [0, 0.1) is 5.82 Å². The molecule has 0 saturated heterocycles. The third-order valence-corrected chi connectivity index (χ3v) is 2.14. The van der Waals surface area contributed by atoms with Gasteiger partial charge < -0.3 is 20.8 Å². The normalized spacial score (nSPS) is 13.5. The third kappa shape index (κ3) is 4.02. The van der Waals surface area contributed by atoms with Gasteiger partial charge in [-0.15, -0.1) is 0 Å². The second-order valence-electron chi connectivity index (χ2n) is 3.66. The SMILES string of the molecule is CC(O)C(NC(=O)Nc1ccc(F)cc1)C(=O)O. The van der Waals surface area contributed by atoms with E-state index in [1.807, 2.05) is 0 Å². The van der Waals surface area contributed by atoms with E-state index in [2.05, 4.69) is 10.6 Å². The van der Waals surface area contributed by atoms with E-state index in [0.717, 1.165) is 12.1 Å². The lowest BCUT2D eigenvalue weighted by molar-refractivity contribution is -0.141. The third-order valence-electron chi connectivity index (χ3n) is 2.14. The van der Waals surface area contributed by atoms with Crippen LogP contribution in [0.1, 0.15) is 6.92 Å². The number of carboxylic acids is 1. The van der Waals surface area contributed by atoms with Crippen molar-refractivity contribution in [2.75, 3.05) is 5.32 Å². The van der Waals surface area contributed by atoms with Gasteiger partial charge in [0.15, 0.2) is 6.04 Å². The van der Waals surface area contributed by atoms with Gasteiger partial charge in [0, 0.05) is 5.69 Å². The Morgan fingerprint density at radius 1 is 1.28 bits per heavy atom. The maximum atomic E-state index is 12.6. The number of carboxylic acid groups (broad SMARTS) is 1. The Bertz CT molecular complexity index is 433. The second-order valence-corrected chi connectivity index (χ2v) is 3.66. The van der Waals surface area contributed by atoms with Gasteiger partial charge in [0.1, 0.15) is 5.82 Å². The summed E-state index contributed by atoms with van der Waals surface area (Å²) < 4.78 is 12.6. The van der Waals surface area contributed by atoms with Crippen molar-refractivity contribution >= 4 is 17.7 Å². The number of benzene rings is 1. The Kier molecular flexibility index (Phi) is 4.61. The van der Waals surface area contributed by atoms with Crippen molar-refractivity contribution in [2.45, 2.75) is 19.1 Å². The molecule has 98 valence electrons. The van der Waals surface area contributed by atoms with Gasteiger partial charge in [0.2, 0.25) is 0 Å². The summed E-state index contributed by atoms with van der Waals surface area (Å²) >= 11 is 0. The van der Waals surface area contributed by atoms with Gasteiger partial charge in [0.05, 0.1) is 6.10 Å². The van der Waals surface area contributed by atoms with Crippen molar-refractivity contribution in [3.63, 3.8) is 0 Å². The van der Waals surface area contributed by atoms with Crippen LogP contribution < -0.4 is 10.6 Å². The maximum absolute atomic E-state index is 12.6. The minimum absolute atomic E-state index is 0.309. The highest BCUT2D eigenvalue weighted by Gasteiger charge is 2.24. The zero-order chi connectivity index (χ0) is 13.7. The fourth-order valence-corrected chi connectivity index (χ4v) is 1.23. The van der Waals surface area contributed by atoms with E-state index in [4.69, 9.17) is 10.2 Å². The van der Waals surface area contributed by atoms with Gasteiger partial charge in [-0.3, -0.25) is 0 Å². The summed E-state index contributed by atoms with van der Waals surface area (Å²) in [7, 11) is 0. The molecule has 0 aliphatic rings. The van der Waals surface area contributed by atoms with Crippen LogP contribution in [0.25, 0.3) is 0 Å². The van der Waals surface area contributed by atoms with E-state index in [-0.39, 0.29) is 0 Å². The molecule has 2 amide bonds. The summed E-state index contributed by atoms with van der Waals surface area (Å²) in [6.07, 6.45) is -1.23. The number of carbonyl (C=O) groups excluding carboxylic acids is 1. The van der Waals surface area contributed by atoms with Gasteiger partial charge in [-0.05, 0) is 31.2 Å². The predicted octanol–water partition coefficient (Wildman–Crippen LogP) is 0.781. The Balaban J connectivity index is 2.60. The minimum Gasteiger partial charge on any atom is -0.480 e. The lowest BCUT2D eigenvalue weighted by Crippen LogP contribution is -2.49. The van der Waals surface area contributed by atoms with Crippen molar-refractivity contribution in [3.05, 3.63) is 30.1 Å². The fraction of sp³-hybridized carbons (Fsp3) is 0.273. The average molecular weight is 256 g/mol. The quantitative estimate of drug-likeness (QED) is 0.639. The Morgan fingerprint density at radius 2 is 1.83 bits per heavy atom. The summed E-state index contributed by atoms with van der Waals surface area (Å²) in [5.74, 6) is -1.80. The fourth-order valence-electron chi connectivity index (χ4n) is 1.23. The van der Waals surface area contributed by atoms with Crippen molar-refractivity contribution in [1.29, 1.82) is 0 Å². The molecular weight excluding hydrogens is 243 g/mol. The van der Waals surface area contributed by atoms with Crippen molar-refractivity contribution < 1.29 is 24.2 Å². The molecule has 18 heavy (non-hydrogen) atoms. The van der Waals surface area contributed by atoms with Crippen LogP contribution in [0.5, 0.6) is 0 Å². The second kappa shape index (κ2) is 5.97. The van der Waals surface area contributed by atoms with E-state index in [1.54, 1.807) is 0 Å². The molecule has 6 nitrogen and oxygen atoms in total. The number of anilines is 1. The largest absolute Gasteiger partial charge is 0.480 e. The number of rotatable bonds is 4. The summed E-state index contributed by atoms with van der Waals surface area (Å²) in [5.41, 5.74) is 0.309. The van der Waals surface area contributed by atoms with E-state index < -0.39 is 30.0 Å². The topological polar surface area (TPSA) is 98.7 Å². The monoisotopic (exact) mass is 256 g/mol. The first-order valence-corrected chi connectivity index (χ1v) is 5.14. The first-order chi connectivity index (χ1) is 8.40. The van der Waals surface area contributed by atoms with E-state index in [9.17, 15) is 14.0 Å². The molecule has 1 aromatic rings. The standard InChI is InChI=1S/C11H13FN2O4/c1-6(15)9(10(16)17)14-11(18)13-8-4-2-7(12)3-5-8/h2-6,9,15H,1H3,(H,16,17)(H2,13,14,18). The molecule has 7 heteroatoms. The van der Waals surface area contributed by atoms with Gasteiger partial charge in [-0.2, -0.15) is 0 Å². The number of amides is 2. The molecule has 1 aromatic carbocycles. The van der Waals surface area contributed by atoms with Crippen LogP contribution in [0.3, 0.4) is 0 Å². The number of aliphatic hydroxyl groups excluding tert-OH is 1. The number of hydrogen-bond donors (Lipinski definition) is 4. The molecule has 0 spiro atoms. The molecule has 4 N–H and O–H groups in total. The first-order valence-electron chi connectivity index (χ1n) is 5.14. The van der Waals surface area contributed by atoms with Gasteiger partial charge >= 0.3 is 12.0 Å². The zero-order valence-electron chi connectivity index (χ0n) is 9.55. The van der Waals surface area contributed by atoms with Crippen molar-refractivity contribution in [1.82, 2.24) is 5.32 Å². The van der Waals surface area contributed by atoms with Gasteiger partial charge in [-0.1, -0.05) is 0 Å². The molecule has 0 aliphatic heterocycles. The average Bonchev–Trinajstić information content (AvgIpc) is 2.28. The number of halogens is 1. The molecule has 0 aliphatic carbocycles. The Morgan fingerprint density at radius 3 is 2.28 bits per heavy atom. The van der Waals surface area contributed by atoms with E-state index in [0.29, 0.717) is 5.69 Å². The smallest absolute Gasteiger partial charge is 0.328 e. The summed E-state index contributed by atoms with van der Waals surface area (Å²) in [4.78, 5) is 22.1. The molecule has 0 aromatic heterocycles. The molecule has 0 fully saturated rings. The number of carbonyl (C=O) groups is 2. The number of aliphatic carboxylic acids is 1. The minimum atomic E-state index is -1.41. The van der Waals surface area contributed by atoms with Crippen LogP contribution in [0.2, 0.25) is 0 Å². The lowest BCUT2D eigenvalue weighted by atomic mass is 10.2. The molecule has 2 atom stereocenters. The maximum Gasteiger partial charge on any atom is 0.328 e. The van der Waals surface area contributed by atoms with Crippen LogP contribution >= 0.6 is 0 Å². The number of nitrogens with one attached hydrogen (secondary N) is 2. The number of hydrogen-bond acceptors (Lipinski definition) is 3. The zero-order valence-corrected chi connectivity index (χ0v) is 9.55. The molecule has 0 radical (unpaired) electrons. The van der Waals surface area contributed by atoms with Crippen LogP contribution in [-0.4, -0.2) is 34.4 Å². The van der Waals surface area contributed by atoms with E-state index >= 15 is 0 Å². The van der Waals surface area contributed by atoms with Crippen LogP contribution in [0.4, 0.5) is 14.9 Å².